The summed E-state index contributed by atoms with van der Waals surface area (Å²) in [5, 5.41) is 0. The van der Waals surface area contributed by atoms with E-state index < -0.39 is 15.1 Å². The Bertz CT molecular complexity index is 1030. The van der Waals surface area contributed by atoms with E-state index in [-0.39, 0.29) is 12.1 Å². The molecule has 0 amide bonds. The Morgan fingerprint density at radius 2 is 1.00 bits per heavy atom. The van der Waals surface area contributed by atoms with Crippen molar-refractivity contribution in [1.29, 1.82) is 0 Å². The van der Waals surface area contributed by atoms with Gasteiger partial charge in [-0.2, -0.15) is 0 Å². The Morgan fingerprint density at radius 1 is 0.613 bits per heavy atom. The van der Waals surface area contributed by atoms with Crippen LogP contribution >= 0.6 is 42.1 Å². The predicted molar refractivity (Wildman–Crippen MR) is 123 cm³/mol. The Hall–Kier alpha value is -1.58. The van der Waals surface area contributed by atoms with Gasteiger partial charge in [0.2, 0.25) is 0 Å². The van der Waals surface area contributed by atoms with Crippen LogP contribution in [0.3, 0.4) is 0 Å². The lowest BCUT2D eigenvalue weighted by atomic mass is 10.0. The number of hydrogen-bond acceptors (Lipinski definition) is 1. The molecule has 2 atom stereocenters. The quantitative estimate of drug-likeness (QED) is 0.277. The van der Waals surface area contributed by atoms with Crippen LogP contribution in [-0.2, 0) is 0 Å². The zero-order valence-corrected chi connectivity index (χ0v) is 20.0. The summed E-state index contributed by atoms with van der Waals surface area (Å²) in [6.45, 7) is 0. The summed E-state index contributed by atoms with van der Waals surface area (Å²) in [6, 6.07) is 18.6. The second-order valence-corrected chi connectivity index (χ2v) is 11.8. The van der Waals surface area contributed by atoms with Crippen LogP contribution in [0, 0.1) is 0 Å². The van der Waals surface area contributed by atoms with Crippen LogP contribution in [0.4, 0.5) is 25.1 Å². The second kappa shape index (κ2) is 7.22. The van der Waals surface area contributed by atoms with Crippen LogP contribution in [0.25, 0.3) is 0 Å². The minimum absolute atomic E-state index is 0.0902. The fraction of sp³-hybridized carbons (Fsp3) is 0.182. The number of hydrogen-bond donors (Lipinski definition) is 0. The van der Waals surface area contributed by atoms with Gasteiger partial charge in [-0.3, -0.25) is 0 Å². The number of anilines is 1. The third-order valence-corrected chi connectivity index (χ3v) is 7.70. The molecular weight excluding hydrogens is 565 g/mol. The Balaban J connectivity index is 1.77. The van der Waals surface area contributed by atoms with Crippen molar-refractivity contribution in [1.82, 2.24) is 0 Å². The zero-order chi connectivity index (χ0) is 22.5. The normalized spacial score (nSPS) is 21.6. The Morgan fingerprint density at radius 3 is 1.35 bits per heavy atom. The van der Waals surface area contributed by atoms with Gasteiger partial charge in [0.15, 0.2) is 0 Å². The highest BCUT2D eigenvalue weighted by atomic mass is 79.9. The van der Waals surface area contributed by atoms with E-state index in [1.54, 1.807) is 0 Å². The minimum Gasteiger partial charge on any atom is -0.357 e. The summed E-state index contributed by atoms with van der Waals surface area (Å²) in [5.41, 5.74) is 2.50. The molecule has 0 aromatic heterocycles. The van der Waals surface area contributed by atoms with E-state index in [0.717, 1.165) is 45.0 Å². The molecule has 0 saturated carbocycles. The molecule has 0 aliphatic carbocycles. The summed E-state index contributed by atoms with van der Waals surface area (Å²) < 4.78 is 67.8. The zero-order valence-electron chi connectivity index (χ0n) is 16.0. The van der Waals surface area contributed by atoms with Crippen molar-refractivity contribution in [2.24, 2.45) is 0 Å². The monoisotopic (exact) mass is 581 g/mol. The molecule has 3 aromatic carbocycles. The van der Waals surface area contributed by atoms with Gasteiger partial charge in [0.05, 0.1) is 12.1 Å². The summed E-state index contributed by atoms with van der Waals surface area (Å²) in [5.74, 6) is 0. The van der Waals surface area contributed by atoms with Gasteiger partial charge in [0, 0.05) is 14.6 Å². The van der Waals surface area contributed by atoms with Crippen molar-refractivity contribution in [3.05, 3.63) is 92.9 Å². The molecule has 2 unspecified atom stereocenters. The van der Waals surface area contributed by atoms with E-state index in [0.29, 0.717) is 17.8 Å². The fourth-order valence-corrected chi connectivity index (χ4v) is 5.25. The first-order valence-corrected chi connectivity index (χ1v) is 13.0. The van der Waals surface area contributed by atoms with Crippen LogP contribution < -0.4 is 4.90 Å². The van der Waals surface area contributed by atoms with Crippen LogP contribution in [-0.4, -0.2) is 0 Å². The molecule has 166 valence electrons. The van der Waals surface area contributed by atoms with Crippen LogP contribution in [0.5, 0.6) is 0 Å². The van der Waals surface area contributed by atoms with Crippen molar-refractivity contribution in [2.75, 3.05) is 4.90 Å². The van der Waals surface area contributed by atoms with E-state index in [1.165, 1.54) is 0 Å². The molecule has 0 spiro atoms. The first-order valence-electron chi connectivity index (χ1n) is 9.45. The maximum absolute atomic E-state index is 13.2. The molecule has 1 heterocycles. The summed E-state index contributed by atoms with van der Waals surface area (Å²) in [4.78, 5) is 0.158. The summed E-state index contributed by atoms with van der Waals surface area (Å²) in [6.07, 6.45) is 1.57. The van der Waals surface area contributed by atoms with E-state index >= 15 is 0 Å². The van der Waals surface area contributed by atoms with Gasteiger partial charge in [-0.1, -0.05) is 75.6 Å². The number of halogens is 7. The maximum atomic E-state index is 13.2. The molecule has 1 saturated heterocycles. The topological polar surface area (TPSA) is 3.24 Å². The third kappa shape index (κ3) is 4.93. The molecule has 4 rings (SSSR count). The van der Waals surface area contributed by atoms with E-state index in [9.17, 15) is 19.4 Å². The van der Waals surface area contributed by atoms with E-state index in [4.69, 9.17) is 0 Å². The average Bonchev–Trinajstić information content (AvgIpc) is 3.12. The Labute approximate surface area is 194 Å². The molecule has 1 nitrogen and oxygen atoms in total. The molecule has 9 heteroatoms. The summed E-state index contributed by atoms with van der Waals surface area (Å²) in [7, 11) is -9.71. The molecule has 3 aromatic rings. The lowest BCUT2D eigenvalue weighted by Crippen LogP contribution is -2.26. The summed E-state index contributed by atoms with van der Waals surface area (Å²) >= 11 is 6.83. The van der Waals surface area contributed by atoms with Crippen LogP contribution in [0.1, 0.15) is 36.1 Å². The van der Waals surface area contributed by atoms with Gasteiger partial charge >= 0.3 is 10.2 Å². The van der Waals surface area contributed by atoms with Crippen molar-refractivity contribution in [3.8, 4) is 0 Å². The second-order valence-electron chi connectivity index (χ2n) is 7.58. The maximum Gasteiger partial charge on any atom is 0.310 e. The van der Waals surface area contributed by atoms with E-state index in [2.05, 4.69) is 31.9 Å². The highest BCUT2D eigenvalue weighted by Crippen LogP contribution is 3.02. The molecule has 31 heavy (non-hydrogen) atoms. The third-order valence-electron chi connectivity index (χ3n) is 5.47. The highest BCUT2D eigenvalue weighted by Gasteiger charge is 2.65. The van der Waals surface area contributed by atoms with Gasteiger partial charge in [0.25, 0.3) is 0 Å². The standard InChI is InChI=1S/C22H18Br2F5NS/c23-17-5-1-15(2-6-17)21-13-14-22(16-3-7-18(24)8-4-16)30(21)19-9-11-20(12-10-19)31(25,26,27,28)29/h1-12,21-22H,13-14H2. The minimum atomic E-state index is -9.71. The smallest absolute Gasteiger partial charge is 0.310 e. The van der Waals surface area contributed by atoms with Gasteiger partial charge in [-0.15, -0.1) is 0 Å². The lowest BCUT2D eigenvalue weighted by molar-refractivity contribution is 0.364. The SMILES string of the molecule is FS(F)(F)(F)(F)c1ccc(N2C(c3ccc(Br)cc3)CCC2c2ccc(Br)cc2)cc1. The van der Waals surface area contributed by atoms with Crippen molar-refractivity contribution in [2.45, 2.75) is 29.8 Å². The Kier molecular flexibility index (Phi) is 5.26. The van der Waals surface area contributed by atoms with Crippen LogP contribution in [0.2, 0.25) is 0 Å². The molecule has 0 bridgehead atoms. The van der Waals surface area contributed by atoms with Crippen molar-refractivity contribution < 1.29 is 19.4 Å². The first kappa shape index (κ1) is 22.6. The number of rotatable bonds is 4. The largest absolute Gasteiger partial charge is 0.357 e. The molecule has 1 aliphatic heterocycles. The molecule has 0 radical (unpaired) electrons. The molecule has 0 N–H and O–H groups in total. The molecular formula is C22H18Br2F5NS. The first-order chi connectivity index (χ1) is 14.3. The van der Waals surface area contributed by atoms with Gasteiger partial charge in [-0.25, -0.2) is 0 Å². The molecule has 1 fully saturated rings. The van der Waals surface area contributed by atoms with Crippen molar-refractivity contribution in [3.63, 3.8) is 0 Å². The van der Waals surface area contributed by atoms with E-state index in [1.807, 2.05) is 53.4 Å². The average molecular weight is 583 g/mol. The van der Waals surface area contributed by atoms with Crippen LogP contribution in [0.15, 0.2) is 86.6 Å². The lowest BCUT2D eigenvalue weighted by Gasteiger charge is -2.41. The van der Waals surface area contributed by atoms with Gasteiger partial charge in [-0.05, 0) is 72.5 Å². The number of benzene rings is 3. The fourth-order valence-electron chi connectivity index (χ4n) is 4.07. The molecule has 1 aliphatic rings. The van der Waals surface area contributed by atoms with Gasteiger partial charge < -0.3 is 4.90 Å². The highest BCUT2D eigenvalue weighted by molar-refractivity contribution is 9.10. The number of nitrogens with zero attached hydrogens (tertiary/aromatic N) is 1. The van der Waals surface area contributed by atoms with Crippen molar-refractivity contribution >= 4 is 47.8 Å². The predicted octanol–water partition coefficient (Wildman–Crippen LogP) is 9.95. The van der Waals surface area contributed by atoms with Gasteiger partial charge in [0.1, 0.15) is 4.90 Å².